The predicted octanol–water partition coefficient (Wildman–Crippen LogP) is 3.63. The van der Waals surface area contributed by atoms with E-state index in [4.69, 9.17) is 4.74 Å². The van der Waals surface area contributed by atoms with Gasteiger partial charge in [0.05, 0.1) is 0 Å². The molecule has 2 N–H and O–H groups in total. The number of guanidine groups is 1. The summed E-state index contributed by atoms with van der Waals surface area (Å²) < 4.78 is 5.29. The van der Waals surface area contributed by atoms with Crippen LogP contribution in [0.3, 0.4) is 0 Å². The lowest BCUT2D eigenvalue weighted by Crippen LogP contribution is -2.43. The number of aliphatic imine (C=N–C) groups is 1. The highest BCUT2D eigenvalue weighted by atomic mass is 127. The molecule has 6 heteroatoms. The number of rotatable bonds is 7. The molecule has 1 saturated carbocycles. The van der Waals surface area contributed by atoms with Gasteiger partial charge in [0.2, 0.25) is 0 Å². The lowest BCUT2D eigenvalue weighted by Gasteiger charge is -2.29. The third kappa shape index (κ3) is 6.04. The number of thiophene rings is 1. The van der Waals surface area contributed by atoms with Crippen LogP contribution in [0.1, 0.15) is 37.7 Å². The summed E-state index contributed by atoms with van der Waals surface area (Å²) in [4.78, 5) is 4.33. The topological polar surface area (TPSA) is 45.7 Å². The number of hydrogen-bond acceptors (Lipinski definition) is 3. The van der Waals surface area contributed by atoms with E-state index in [2.05, 4.69) is 32.5 Å². The lowest BCUT2D eigenvalue weighted by molar-refractivity contribution is 0.138. The van der Waals surface area contributed by atoms with E-state index in [9.17, 15) is 0 Å². The van der Waals surface area contributed by atoms with Gasteiger partial charge >= 0.3 is 0 Å². The molecule has 0 aromatic carbocycles. The Hall–Kier alpha value is -0.340. The van der Waals surface area contributed by atoms with Crippen molar-refractivity contribution in [1.29, 1.82) is 0 Å². The second kappa shape index (κ2) is 10.4. The van der Waals surface area contributed by atoms with E-state index < -0.39 is 0 Å². The maximum Gasteiger partial charge on any atom is 0.191 e. The highest BCUT2D eigenvalue weighted by molar-refractivity contribution is 14.0. The highest BCUT2D eigenvalue weighted by Crippen LogP contribution is 2.40. The molecule has 1 aromatic heterocycles. The summed E-state index contributed by atoms with van der Waals surface area (Å²) in [6.07, 6.45) is 6.41. The molecule has 0 aliphatic heterocycles. The molecule has 1 aliphatic carbocycles. The first kappa shape index (κ1) is 19.7. The van der Waals surface area contributed by atoms with Crippen molar-refractivity contribution in [2.75, 3.05) is 27.3 Å². The Morgan fingerprint density at radius 2 is 2.14 bits per heavy atom. The van der Waals surface area contributed by atoms with Gasteiger partial charge in [0.25, 0.3) is 0 Å². The van der Waals surface area contributed by atoms with Gasteiger partial charge < -0.3 is 15.4 Å². The first-order chi connectivity index (χ1) is 10.3. The second-order valence-corrected chi connectivity index (χ2v) is 6.64. The summed E-state index contributed by atoms with van der Waals surface area (Å²) in [6, 6.07) is 2.14. The molecule has 0 amide bonds. The molecular formula is C16H28IN3OS. The van der Waals surface area contributed by atoms with E-state index in [0.717, 1.165) is 32.1 Å². The molecule has 1 heterocycles. The number of ether oxygens (including phenoxy) is 1. The Bertz CT molecular complexity index is 431. The van der Waals surface area contributed by atoms with Crippen LogP contribution in [-0.2, 0) is 11.3 Å². The summed E-state index contributed by atoms with van der Waals surface area (Å²) in [7, 11) is 3.62. The minimum atomic E-state index is 0. The zero-order valence-corrected chi connectivity index (χ0v) is 16.7. The average Bonchev–Trinajstić information content (AvgIpc) is 3.17. The fourth-order valence-electron chi connectivity index (χ4n) is 3.03. The molecule has 1 aromatic rings. The normalized spacial score (nSPS) is 17.1. The number of nitrogens with one attached hydrogen (secondary N) is 2. The summed E-state index contributed by atoms with van der Waals surface area (Å²) >= 11 is 1.73. The Morgan fingerprint density at radius 3 is 2.73 bits per heavy atom. The summed E-state index contributed by atoms with van der Waals surface area (Å²) in [6.45, 7) is 2.66. The van der Waals surface area contributed by atoms with Crippen LogP contribution in [0.4, 0.5) is 0 Å². The molecule has 2 rings (SSSR count). The Kier molecular flexibility index (Phi) is 9.35. The van der Waals surface area contributed by atoms with Gasteiger partial charge in [0, 0.05) is 33.9 Å². The molecular weight excluding hydrogens is 409 g/mol. The first-order valence-electron chi connectivity index (χ1n) is 7.72. The van der Waals surface area contributed by atoms with Gasteiger partial charge in [-0.05, 0) is 47.1 Å². The fraction of sp³-hybridized carbons (Fsp3) is 0.688. The third-order valence-corrected chi connectivity index (χ3v) is 5.13. The lowest BCUT2D eigenvalue weighted by atomic mass is 9.83. The van der Waals surface area contributed by atoms with Crippen molar-refractivity contribution in [3.05, 3.63) is 22.4 Å². The van der Waals surface area contributed by atoms with Crippen molar-refractivity contribution < 1.29 is 4.74 Å². The summed E-state index contributed by atoms with van der Waals surface area (Å²) in [5.74, 6) is 0.893. The van der Waals surface area contributed by atoms with Gasteiger partial charge in [-0.15, -0.1) is 24.0 Å². The molecule has 0 atom stereocenters. The number of hydrogen-bond donors (Lipinski definition) is 2. The van der Waals surface area contributed by atoms with Crippen molar-refractivity contribution in [3.8, 4) is 0 Å². The van der Waals surface area contributed by atoms with E-state index in [1.165, 1.54) is 31.2 Å². The molecule has 0 spiro atoms. The largest absolute Gasteiger partial charge is 0.385 e. The number of methoxy groups -OCH3 is 1. The Morgan fingerprint density at radius 1 is 1.36 bits per heavy atom. The predicted molar refractivity (Wildman–Crippen MR) is 105 cm³/mol. The van der Waals surface area contributed by atoms with Crippen molar-refractivity contribution in [3.63, 3.8) is 0 Å². The van der Waals surface area contributed by atoms with Crippen LogP contribution in [-0.4, -0.2) is 33.3 Å². The molecule has 126 valence electrons. The fourth-order valence-corrected chi connectivity index (χ4v) is 3.70. The number of halogens is 1. The van der Waals surface area contributed by atoms with Crippen LogP contribution in [0.2, 0.25) is 0 Å². The van der Waals surface area contributed by atoms with Crippen LogP contribution in [0, 0.1) is 5.41 Å². The van der Waals surface area contributed by atoms with Crippen LogP contribution < -0.4 is 10.6 Å². The maximum atomic E-state index is 5.29. The van der Waals surface area contributed by atoms with Gasteiger partial charge in [0.1, 0.15) is 0 Å². The van der Waals surface area contributed by atoms with E-state index in [1.54, 1.807) is 18.4 Å². The van der Waals surface area contributed by atoms with Crippen molar-refractivity contribution in [2.24, 2.45) is 10.4 Å². The quantitative estimate of drug-likeness (QED) is 0.389. The minimum Gasteiger partial charge on any atom is -0.385 e. The smallest absolute Gasteiger partial charge is 0.191 e. The van der Waals surface area contributed by atoms with Gasteiger partial charge in [-0.3, -0.25) is 4.99 Å². The SMILES string of the molecule is CN=C(NCc1ccsc1)NCC1(CCOC)CCCC1.I. The van der Waals surface area contributed by atoms with Crippen LogP contribution in [0.5, 0.6) is 0 Å². The van der Waals surface area contributed by atoms with E-state index in [0.29, 0.717) is 5.41 Å². The van der Waals surface area contributed by atoms with E-state index >= 15 is 0 Å². The standard InChI is InChI=1S/C16H27N3OS.HI/c1-17-15(18-11-14-5-10-21-12-14)19-13-16(8-9-20-2)6-3-4-7-16;/h5,10,12H,3-4,6-9,11,13H2,1-2H3,(H2,17,18,19);1H. The highest BCUT2D eigenvalue weighted by Gasteiger charge is 2.33. The van der Waals surface area contributed by atoms with Crippen molar-refractivity contribution in [1.82, 2.24) is 10.6 Å². The zero-order valence-electron chi connectivity index (χ0n) is 13.6. The molecule has 0 saturated heterocycles. The van der Waals surface area contributed by atoms with Gasteiger partial charge in [-0.25, -0.2) is 0 Å². The molecule has 1 fully saturated rings. The third-order valence-electron chi connectivity index (χ3n) is 4.40. The van der Waals surface area contributed by atoms with Gasteiger partial charge in [-0.2, -0.15) is 11.3 Å². The summed E-state index contributed by atoms with van der Waals surface area (Å²) in [5.41, 5.74) is 1.69. The van der Waals surface area contributed by atoms with E-state index in [-0.39, 0.29) is 24.0 Å². The maximum absolute atomic E-state index is 5.29. The minimum absolute atomic E-state index is 0. The van der Waals surface area contributed by atoms with Crippen LogP contribution in [0.25, 0.3) is 0 Å². The average molecular weight is 437 g/mol. The number of nitrogens with zero attached hydrogens (tertiary/aromatic N) is 1. The van der Waals surface area contributed by atoms with E-state index in [1.807, 2.05) is 7.05 Å². The monoisotopic (exact) mass is 437 g/mol. The molecule has 0 bridgehead atoms. The Labute approximate surface area is 155 Å². The molecule has 0 unspecified atom stereocenters. The zero-order chi connectivity index (χ0) is 15.0. The molecule has 4 nitrogen and oxygen atoms in total. The molecule has 22 heavy (non-hydrogen) atoms. The van der Waals surface area contributed by atoms with Crippen molar-refractivity contribution in [2.45, 2.75) is 38.6 Å². The van der Waals surface area contributed by atoms with Gasteiger partial charge in [-0.1, -0.05) is 12.8 Å². The summed E-state index contributed by atoms with van der Waals surface area (Å²) in [5, 5.41) is 11.2. The van der Waals surface area contributed by atoms with Crippen LogP contribution >= 0.6 is 35.3 Å². The van der Waals surface area contributed by atoms with Crippen molar-refractivity contribution >= 4 is 41.3 Å². The molecule has 1 aliphatic rings. The second-order valence-electron chi connectivity index (χ2n) is 5.86. The van der Waals surface area contributed by atoms with Crippen LogP contribution in [0.15, 0.2) is 21.8 Å². The van der Waals surface area contributed by atoms with Gasteiger partial charge in [0.15, 0.2) is 5.96 Å². The first-order valence-corrected chi connectivity index (χ1v) is 8.67. The molecule has 0 radical (unpaired) electrons. The Balaban J connectivity index is 0.00000242.